The van der Waals surface area contributed by atoms with Crippen molar-refractivity contribution in [3.05, 3.63) is 28.3 Å². The molecule has 0 amide bonds. The molecule has 8 nitrogen and oxygen atoms in total. The number of likely N-dealkylation sites (tertiary alicyclic amines) is 1. The normalized spacial score (nSPS) is 22.4. The Bertz CT molecular complexity index is 1010. The second-order valence-corrected chi connectivity index (χ2v) is 9.95. The second-order valence-electron chi connectivity index (χ2n) is 9.95. The van der Waals surface area contributed by atoms with E-state index < -0.39 is 5.79 Å². The first kappa shape index (κ1) is 22.7. The van der Waals surface area contributed by atoms with E-state index in [0.717, 1.165) is 76.5 Å². The quantitative estimate of drug-likeness (QED) is 0.666. The molecule has 1 N–H and O–H groups in total. The largest absolute Gasteiger partial charge is 0.354 e. The molecule has 1 aliphatic carbocycles. The second kappa shape index (κ2) is 9.68. The van der Waals surface area contributed by atoms with E-state index in [1.54, 1.807) is 6.20 Å². The Labute approximate surface area is 195 Å². The Kier molecular flexibility index (Phi) is 6.67. The van der Waals surface area contributed by atoms with Gasteiger partial charge in [-0.3, -0.25) is 4.79 Å². The van der Waals surface area contributed by atoms with Gasteiger partial charge in [-0.15, -0.1) is 0 Å². The summed E-state index contributed by atoms with van der Waals surface area (Å²) in [7, 11) is 2.15. The molecule has 3 aliphatic rings. The molecular weight excluding hydrogens is 418 g/mol. The van der Waals surface area contributed by atoms with Gasteiger partial charge in [-0.2, -0.15) is 0 Å². The molecule has 1 saturated carbocycles. The lowest BCUT2D eigenvalue weighted by Gasteiger charge is -2.36. The Morgan fingerprint density at radius 3 is 2.58 bits per heavy atom. The van der Waals surface area contributed by atoms with E-state index in [2.05, 4.69) is 35.4 Å². The third kappa shape index (κ3) is 4.66. The number of hydrogen-bond donors (Lipinski definition) is 1. The maximum atomic E-state index is 13.5. The average Bonchev–Trinajstić information content (AvgIpc) is 3.29. The first-order chi connectivity index (χ1) is 16.1. The number of aromatic nitrogens is 3. The molecule has 2 aliphatic heterocycles. The van der Waals surface area contributed by atoms with Crippen LogP contribution in [0.25, 0.3) is 10.9 Å². The zero-order chi connectivity index (χ0) is 22.8. The van der Waals surface area contributed by atoms with Crippen molar-refractivity contribution >= 4 is 16.9 Å². The van der Waals surface area contributed by atoms with Crippen LogP contribution in [0.2, 0.25) is 0 Å². The molecule has 4 heterocycles. The third-order valence-electron chi connectivity index (χ3n) is 7.70. The highest BCUT2D eigenvalue weighted by molar-refractivity contribution is 5.81. The van der Waals surface area contributed by atoms with Crippen LogP contribution in [-0.2, 0) is 9.47 Å². The van der Waals surface area contributed by atoms with Gasteiger partial charge in [0.2, 0.25) is 5.95 Å². The van der Waals surface area contributed by atoms with Crippen molar-refractivity contribution in [3.63, 3.8) is 0 Å². The number of piperidine rings is 1. The minimum absolute atomic E-state index is 0.0400. The van der Waals surface area contributed by atoms with E-state index in [-0.39, 0.29) is 11.6 Å². The highest BCUT2D eigenvalue weighted by Gasteiger charge is 2.41. The monoisotopic (exact) mass is 455 g/mol. The fraction of sp³-hybridized carbons (Fsp3) is 0.720. The lowest BCUT2D eigenvalue weighted by atomic mass is 9.81. The predicted octanol–water partition coefficient (Wildman–Crippen LogP) is 3.67. The molecule has 0 atom stereocenters. The summed E-state index contributed by atoms with van der Waals surface area (Å²) >= 11 is 0. The number of nitrogens with one attached hydrogen (secondary N) is 1. The van der Waals surface area contributed by atoms with Gasteiger partial charge < -0.3 is 24.3 Å². The summed E-state index contributed by atoms with van der Waals surface area (Å²) in [4.78, 5) is 25.2. The number of rotatable bonds is 6. The smallest absolute Gasteiger partial charge is 0.261 e. The van der Waals surface area contributed by atoms with Crippen molar-refractivity contribution in [1.29, 1.82) is 0 Å². The summed E-state index contributed by atoms with van der Waals surface area (Å²) in [6, 6.07) is 0.232. The molecule has 3 fully saturated rings. The highest BCUT2D eigenvalue weighted by Crippen LogP contribution is 2.43. The summed E-state index contributed by atoms with van der Waals surface area (Å²) in [5.74, 6) is 0.558. The summed E-state index contributed by atoms with van der Waals surface area (Å²) in [5, 5.41) is 3.97. The van der Waals surface area contributed by atoms with E-state index in [1.165, 1.54) is 5.56 Å². The Morgan fingerprint density at radius 1 is 1.15 bits per heavy atom. The number of unbranched alkanes of at least 4 members (excludes halogenated alkanes) is 1. The lowest BCUT2D eigenvalue weighted by Crippen LogP contribution is -2.37. The molecule has 0 unspecified atom stereocenters. The average molecular weight is 456 g/mol. The van der Waals surface area contributed by atoms with Crippen LogP contribution in [0.5, 0.6) is 0 Å². The summed E-state index contributed by atoms with van der Waals surface area (Å²) < 4.78 is 13.9. The van der Waals surface area contributed by atoms with Gasteiger partial charge in [-0.05, 0) is 63.7 Å². The maximum Gasteiger partial charge on any atom is 0.261 e. The van der Waals surface area contributed by atoms with Crippen LogP contribution >= 0.6 is 0 Å². The number of ether oxygens (including phenoxy) is 2. The molecule has 2 aromatic heterocycles. The van der Waals surface area contributed by atoms with E-state index in [1.807, 2.05) is 4.57 Å². The molecule has 2 aromatic rings. The van der Waals surface area contributed by atoms with Crippen LogP contribution in [0.15, 0.2) is 17.2 Å². The number of hydrogen-bond acceptors (Lipinski definition) is 7. The molecule has 1 spiro atoms. The van der Waals surface area contributed by atoms with Crippen molar-refractivity contribution in [2.75, 3.05) is 45.2 Å². The van der Waals surface area contributed by atoms with Crippen molar-refractivity contribution in [1.82, 2.24) is 19.4 Å². The lowest BCUT2D eigenvalue weighted by molar-refractivity contribution is -0.178. The van der Waals surface area contributed by atoms with Crippen molar-refractivity contribution in [2.24, 2.45) is 0 Å². The van der Waals surface area contributed by atoms with Crippen LogP contribution in [0.4, 0.5) is 5.95 Å². The zero-order valence-electron chi connectivity index (χ0n) is 20.0. The first-order valence-corrected chi connectivity index (χ1v) is 12.7. The van der Waals surface area contributed by atoms with Crippen LogP contribution in [-0.4, -0.2) is 65.1 Å². The number of fused-ring (bicyclic) bond motifs is 1. The van der Waals surface area contributed by atoms with Crippen LogP contribution < -0.4 is 10.9 Å². The number of nitrogens with zero attached hydrogens (tertiary/aromatic N) is 4. The van der Waals surface area contributed by atoms with E-state index in [9.17, 15) is 4.79 Å². The van der Waals surface area contributed by atoms with Crippen LogP contribution in [0.1, 0.15) is 75.8 Å². The van der Waals surface area contributed by atoms with Crippen LogP contribution in [0.3, 0.4) is 0 Å². The molecule has 180 valence electrons. The standard InChI is InChI=1S/C25H37N5O3/c1-3-4-11-26-24-27-16-20-22(28-24)21(18-5-9-25(10-6-18)32-14-15-33-25)17-30(23(20)31)19-7-12-29(2)13-8-19/h16-19H,3-15H2,1-2H3,(H,26,27,28). The fourth-order valence-corrected chi connectivity index (χ4v) is 5.63. The molecule has 2 saturated heterocycles. The highest BCUT2D eigenvalue weighted by atomic mass is 16.7. The van der Waals surface area contributed by atoms with Gasteiger partial charge in [0.1, 0.15) is 0 Å². The van der Waals surface area contributed by atoms with Gasteiger partial charge in [0.25, 0.3) is 5.56 Å². The molecule has 5 rings (SSSR count). The molecule has 33 heavy (non-hydrogen) atoms. The van der Waals surface area contributed by atoms with Crippen molar-refractivity contribution in [2.45, 2.75) is 76.0 Å². The molecular formula is C25H37N5O3. The SMILES string of the molecule is CCCCNc1ncc2c(=O)n(C3CCN(C)CC3)cc(C3CCC4(CC3)OCCO4)c2n1. The van der Waals surface area contributed by atoms with E-state index >= 15 is 0 Å². The summed E-state index contributed by atoms with van der Waals surface area (Å²) in [5.41, 5.74) is 2.03. The predicted molar refractivity (Wildman–Crippen MR) is 129 cm³/mol. The van der Waals surface area contributed by atoms with Crippen molar-refractivity contribution < 1.29 is 9.47 Å². The van der Waals surface area contributed by atoms with Gasteiger partial charge in [-0.25, -0.2) is 9.97 Å². The van der Waals surface area contributed by atoms with Gasteiger partial charge in [0, 0.05) is 37.8 Å². The Morgan fingerprint density at radius 2 is 1.88 bits per heavy atom. The van der Waals surface area contributed by atoms with Gasteiger partial charge in [-0.1, -0.05) is 13.3 Å². The third-order valence-corrected chi connectivity index (χ3v) is 7.70. The first-order valence-electron chi connectivity index (χ1n) is 12.7. The zero-order valence-corrected chi connectivity index (χ0v) is 20.0. The van der Waals surface area contributed by atoms with Crippen LogP contribution in [0, 0.1) is 0 Å². The fourth-order valence-electron chi connectivity index (χ4n) is 5.63. The van der Waals surface area contributed by atoms with Gasteiger partial charge in [0.05, 0.1) is 24.1 Å². The summed E-state index contributed by atoms with van der Waals surface area (Å²) in [6.45, 7) is 6.41. The molecule has 0 aromatic carbocycles. The minimum atomic E-state index is -0.392. The molecule has 0 radical (unpaired) electrons. The summed E-state index contributed by atoms with van der Waals surface area (Å²) in [6.07, 6.45) is 11.8. The van der Waals surface area contributed by atoms with E-state index in [0.29, 0.717) is 30.5 Å². The Balaban J connectivity index is 1.51. The molecule has 0 bridgehead atoms. The molecule has 8 heteroatoms. The maximum absolute atomic E-state index is 13.5. The van der Waals surface area contributed by atoms with E-state index in [4.69, 9.17) is 14.5 Å². The minimum Gasteiger partial charge on any atom is -0.354 e. The number of anilines is 1. The Hall–Kier alpha value is -2.03. The van der Waals surface area contributed by atoms with Crippen molar-refractivity contribution in [3.8, 4) is 0 Å². The van der Waals surface area contributed by atoms with Gasteiger partial charge >= 0.3 is 0 Å². The topological polar surface area (TPSA) is 81.5 Å². The van der Waals surface area contributed by atoms with Gasteiger partial charge in [0.15, 0.2) is 5.79 Å². The number of pyridine rings is 1.